The summed E-state index contributed by atoms with van der Waals surface area (Å²) in [5.41, 5.74) is 3.85. The van der Waals surface area contributed by atoms with Gasteiger partial charge in [-0.05, 0) is 44.0 Å². The average Bonchev–Trinajstić information content (AvgIpc) is 3.03. The minimum atomic E-state index is -0.538. The van der Waals surface area contributed by atoms with Crippen LogP contribution in [0.15, 0.2) is 42.6 Å². The zero-order valence-corrected chi connectivity index (χ0v) is 16.6. The summed E-state index contributed by atoms with van der Waals surface area (Å²) in [6.45, 7) is 6.50. The van der Waals surface area contributed by atoms with Crippen LogP contribution in [-0.2, 0) is 17.7 Å². The first-order valence-electron chi connectivity index (χ1n) is 9.44. The van der Waals surface area contributed by atoms with Crippen molar-refractivity contribution in [3.05, 3.63) is 64.1 Å². The van der Waals surface area contributed by atoms with Crippen molar-refractivity contribution in [1.29, 1.82) is 0 Å². The summed E-state index contributed by atoms with van der Waals surface area (Å²) >= 11 is 0. The first-order valence-corrected chi connectivity index (χ1v) is 9.44. The molecule has 0 saturated carbocycles. The Morgan fingerprint density at radius 2 is 2.00 bits per heavy atom. The number of nitro benzene ring substituents is 1. The third-order valence-electron chi connectivity index (χ3n) is 4.80. The fourth-order valence-corrected chi connectivity index (χ4v) is 3.49. The van der Waals surface area contributed by atoms with Crippen molar-refractivity contribution >= 4 is 17.4 Å². The van der Waals surface area contributed by atoms with Gasteiger partial charge in [-0.25, -0.2) is 9.78 Å². The number of carbonyl (C=O) groups excluding carboxylic acids is 1. The highest BCUT2D eigenvalue weighted by molar-refractivity contribution is 5.69. The van der Waals surface area contributed by atoms with Crippen LogP contribution >= 0.6 is 0 Å². The number of ether oxygens (including phenoxy) is 1. The lowest BCUT2D eigenvalue weighted by Crippen LogP contribution is -2.40. The van der Waals surface area contributed by atoms with E-state index in [4.69, 9.17) is 4.74 Å². The van der Waals surface area contributed by atoms with Crippen LogP contribution in [0, 0.1) is 10.1 Å². The van der Waals surface area contributed by atoms with Crippen molar-refractivity contribution in [2.24, 2.45) is 0 Å². The van der Waals surface area contributed by atoms with E-state index in [0.717, 1.165) is 28.2 Å². The molecule has 8 nitrogen and oxygen atoms in total. The van der Waals surface area contributed by atoms with Crippen molar-refractivity contribution in [1.82, 2.24) is 14.3 Å². The van der Waals surface area contributed by atoms with Crippen LogP contribution in [0.5, 0.6) is 0 Å². The molecule has 0 fully saturated rings. The summed E-state index contributed by atoms with van der Waals surface area (Å²) < 4.78 is 7.48. The quantitative estimate of drug-likeness (QED) is 0.480. The highest BCUT2D eigenvalue weighted by Crippen LogP contribution is 2.27. The molecule has 0 unspecified atom stereocenters. The van der Waals surface area contributed by atoms with Gasteiger partial charge in [0.2, 0.25) is 0 Å². The van der Waals surface area contributed by atoms with Gasteiger partial charge in [-0.1, -0.05) is 12.1 Å². The molecule has 4 rings (SSSR count). The van der Waals surface area contributed by atoms with Crippen LogP contribution < -0.4 is 0 Å². The van der Waals surface area contributed by atoms with Crippen LogP contribution in [0.1, 0.15) is 32.2 Å². The van der Waals surface area contributed by atoms with E-state index in [0.29, 0.717) is 19.5 Å². The Kier molecular flexibility index (Phi) is 4.49. The van der Waals surface area contributed by atoms with Crippen molar-refractivity contribution in [3.8, 4) is 11.1 Å². The van der Waals surface area contributed by atoms with Gasteiger partial charge in [0.1, 0.15) is 11.2 Å². The lowest BCUT2D eigenvalue weighted by Gasteiger charge is -2.29. The predicted molar refractivity (Wildman–Crippen MR) is 108 cm³/mol. The number of amides is 1. The van der Waals surface area contributed by atoms with Gasteiger partial charge in [0.15, 0.2) is 0 Å². The van der Waals surface area contributed by atoms with E-state index in [9.17, 15) is 14.9 Å². The maximum absolute atomic E-state index is 12.4. The number of aromatic nitrogens is 2. The fraction of sp³-hybridized carbons (Fsp3) is 0.333. The summed E-state index contributed by atoms with van der Waals surface area (Å²) in [6.07, 6.45) is 2.27. The molecule has 0 radical (unpaired) electrons. The number of hydrogen-bond acceptors (Lipinski definition) is 5. The van der Waals surface area contributed by atoms with Crippen LogP contribution in [0.4, 0.5) is 10.5 Å². The molecule has 0 bridgehead atoms. The van der Waals surface area contributed by atoms with E-state index in [1.807, 2.05) is 49.6 Å². The molecular weight excluding hydrogens is 372 g/mol. The smallest absolute Gasteiger partial charge is 0.410 e. The third-order valence-corrected chi connectivity index (χ3v) is 4.80. The highest BCUT2D eigenvalue weighted by atomic mass is 16.6. The first-order chi connectivity index (χ1) is 13.7. The minimum Gasteiger partial charge on any atom is -0.444 e. The number of non-ortho nitro benzene ring substituents is 1. The largest absolute Gasteiger partial charge is 0.444 e. The number of nitrogens with zero attached hydrogens (tertiary/aromatic N) is 4. The number of fused-ring (bicyclic) bond motifs is 3. The molecule has 3 heterocycles. The molecule has 2 aromatic heterocycles. The molecule has 0 atom stereocenters. The Hall–Kier alpha value is -3.42. The molecule has 0 N–H and O–H groups in total. The molecule has 1 amide bonds. The van der Waals surface area contributed by atoms with Gasteiger partial charge in [0.25, 0.3) is 5.69 Å². The number of hydrogen-bond donors (Lipinski definition) is 0. The van der Waals surface area contributed by atoms with Crippen molar-refractivity contribution < 1.29 is 14.5 Å². The predicted octanol–water partition coefficient (Wildman–Crippen LogP) is 4.20. The van der Waals surface area contributed by atoms with E-state index < -0.39 is 10.5 Å². The van der Waals surface area contributed by atoms with Crippen LogP contribution in [-0.4, -0.2) is 37.4 Å². The number of benzene rings is 1. The van der Waals surface area contributed by atoms with Gasteiger partial charge in [0, 0.05) is 37.0 Å². The second kappa shape index (κ2) is 6.88. The Morgan fingerprint density at radius 1 is 1.21 bits per heavy atom. The number of pyridine rings is 1. The molecule has 1 aliphatic heterocycles. The number of imidazole rings is 1. The Labute approximate surface area is 167 Å². The number of nitro groups is 1. The Morgan fingerprint density at radius 3 is 2.72 bits per heavy atom. The molecule has 1 aliphatic rings. The van der Waals surface area contributed by atoms with Gasteiger partial charge in [-0.15, -0.1) is 0 Å². The molecule has 1 aromatic carbocycles. The lowest BCUT2D eigenvalue weighted by molar-refractivity contribution is -0.384. The second-order valence-corrected chi connectivity index (χ2v) is 8.11. The maximum Gasteiger partial charge on any atom is 0.410 e. The van der Waals surface area contributed by atoms with Crippen LogP contribution in [0.2, 0.25) is 0 Å². The van der Waals surface area contributed by atoms with Crippen LogP contribution in [0.3, 0.4) is 0 Å². The molecule has 8 heteroatoms. The fourth-order valence-electron chi connectivity index (χ4n) is 3.49. The zero-order chi connectivity index (χ0) is 20.8. The average molecular weight is 394 g/mol. The number of carbonyl (C=O) groups is 1. The second-order valence-electron chi connectivity index (χ2n) is 8.11. The van der Waals surface area contributed by atoms with E-state index in [1.54, 1.807) is 17.0 Å². The van der Waals surface area contributed by atoms with E-state index >= 15 is 0 Å². The maximum atomic E-state index is 12.4. The van der Waals surface area contributed by atoms with Gasteiger partial charge in [-0.2, -0.15) is 0 Å². The number of rotatable bonds is 2. The van der Waals surface area contributed by atoms with Gasteiger partial charge < -0.3 is 14.0 Å². The zero-order valence-electron chi connectivity index (χ0n) is 16.6. The van der Waals surface area contributed by atoms with Crippen molar-refractivity contribution in [3.63, 3.8) is 0 Å². The molecule has 29 heavy (non-hydrogen) atoms. The van der Waals surface area contributed by atoms with Crippen LogP contribution in [0.25, 0.3) is 16.8 Å². The van der Waals surface area contributed by atoms with E-state index in [1.165, 1.54) is 6.07 Å². The summed E-state index contributed by atoms with van der Waals surface area (Å²) in [7, 11) is 0. The minimum absolute atomic E-state index is 0.0586. The highest BCUT2D eigenvalue weighted by Gasteiger charge is 2.28. The first kappa shape index (κ1) is 18.9. The Bertz CT molecular complexity index is 1110. The van der Waals surface area contributed by atoms with Crippen molar-refractivity contribution in [2.75, 3.05) is 6.54 Å². The summed E-state index contributed by atoms with van der Waals surface area (Å²) in [4.78, 5) is 29.4. The third kappa shape index (κ3) is 3.78. The topological polar surface area (TPSA) is 90.0 Å². The standard InChI is InChI=1S/C21H22N4O4/c1-21(2,3)29-20(26)23-10-9-18-17(13-23)22-19-8-7-15(12-24(18)19)14-5-4-6-16(11-14)25(27)28/h4-8,11-12H,9-10,13H2,1-3H3. The normalized spacial score (nSPS) is 14.0. The molecule has 0 saturated heterocycles. The molecular formula is C21H22N4O4. The summed E-state index contributed by atoms with van der Waals surface area (Å²) in [5.74, 6) is 0. The van der Waals surface area contributed by atoms with Gasteiger partial charge >= 0.3 is 6.09 Å². The molecule has 150 valence electrons. The summed E-state index contributed by atoms with van der Waals surface area (Å²) in [5, 5.41) is 11.1. The van der Waals surface area contributed by atoms with Gasteiger partial charge in [0.05, 0.1) is 17.2 Å². The summed E-state index contributed by atoms with van der Waals surface area (Å²) in [6, 6.07) is 10.4. The van der Waals surface area contributed by atoms with Crippen molar-refractivity contribution in [2.45, 2.75) is 39.3 Å². The van der Waals surface area contributed by atoms with Gasteiger partial charge in [-0.3, -0.25) is 10.1 Å². The molecule has 0 spiro atoms. The van der Waals surface area contributed by atoms with E-state index in [2.05, 4.69) is 4.98 Å². The molecule has 0 aliphatic carbocycles. The Balaban J connectivity index is 1.65. The van der Waals surface area contributed by atoms with E-state index in [-0.39, 0.29) is 11.8 Å². The lowest BCUT2D eigenvalue weighted by atomic mass is 10.1. The molecule has 3 aromatic rings. The monoisotopic (exact) mass is 394 g/mol. The SMILES string of the molecule is CC(C)(C)OC(=O)N1CCc2c(nc3ccc(-c4cccc([N+](=O)[O-])c4)cn23)C1.